The number of amides is 3. The average Bonchev–Trinajstić information content (AvgIpc) is 3.47. The zero-order valence-corrected chi connectivity index (χ0v) is 32.9. The van der Waals surface area contributed by atoms with E-state index in [0.717, 1.165) is 58.6 Å². The number of carbonyl (C=O) groups excluding carboxylic acids is 2. The number of aliphatic carboxylic acids is 1. The summed E-state index contributed by atoms with van der Waals surface area (Å²) in [5.41, 5.74) is 2.71. The molecule has 290 valence electrons. The highest BCUT2D eigenvalue weighted by molar-refractivity contribution is 7.13. The van der Waals surface area contributed by atoms with Crippen molar-refractivity contribution >= 4 is 40.1 Å². The molecule has 1 aliphatic carbocycles. The lowest BCUT2D eigenvalue weighted by molar-refractivity contribution is -0.144. The predicted octanol–water partition coefficient (Wildman–Crippen LogP) is 7.34. The first-order valence-electron chi connectivity index (χ1n) is 19.0. The Morgan fingerprint density at radius 1 is 1.05 bits per heavy atom. The number of allylic oxidation sites excluding steroid dienone is 1. The number of carboxylic acids is 1. The topological polar surface area (TPSA) is 143 Å². The van der Waals surface area contributed by atoms with Gasteiger partial charge in [-0.15, -0.1) is 11.3 Å². The molecule has 0 spiro atoms. The van der Waals surface area contributed by atoms with Gasteiger partial charge in [0.05, 0.1) is 32.0 Å². The number of methoxy groups -OCH3 is 2. The Bertz CT molecular complexity index is 2100. The van der Waals surface area contributed by atoms with Crippen LogP contribution in [0, 0.1) is 12.8 Å². The number of carbonyl (C=O) groups is 3. The minimum Gasteiger partial charge on any atom is -0.497 e. The largest absolute Gasteiger partial charge is 0.497 e. The lowest BCUT2D eigenvalue weighted by atomic mass is 10.1. The van der Waals surface area contributed by atoms with E-state index < -0.39 is 29.6 Å². The fourth-order valence-electron chi connectivity index (χ4n) is 7.64. The van der Waals surface area contributed by atoms with Crippen molar-refractivity contribution in [2.45, 2.75) is 89.4 Å². The number of hydrogen-bond acceptors (Lipinski definition) is 9. The Morgan fingerprint density at radius 3 is 2.56 bits per heavy atom. The van der Waals surface area contributed by atoms with Gasteiger partial charge >= 0.3 is 12.0 Å². The van der Waals surface area contributed by atoms with Gasteiger partial charge in [-0.05, 0) is 68.4 Å². The van der Waals surface area contributed by atoms with E-state index in [-0.39, 0.29) is 30.8 Å². The third-order valence-corrected chi connectivity index (χ3v) is 11.9. The molecule has 4 unspecified atom stereocenters. The Morgan fingerprint density at radius 2 is 1.85 bits per heavy atom. The van der Waals surface area contributed by atoms with Gasteiger partial charge in [-0.25, -0.2) is 19.6 Å². The van der Waals surface area contributed by atoms with E-state index in [9.17, 15) is 19.5 Å². The third kappa shape index (κ3) is 7.85. The van der Waals surface area contributed by atoms with Crippen molar-refractivity contribution in [2.24, 2.45) is 5.92 Å². The fourth-order valence-corrected chi connectivity index (χ4v) is 8.58. The zero-order chi connectivity index (χ0) is 38.9. The quantitative estimate of drug-likeness (QED) is 0.167. The van der Waals surface area contributed by atoms with Crippen LogP contribution >= 0.6 is 11.3 Å². The van der Waals surface area contributed by atoms with Crippen LogP contribution in [-0.2, 0) is 16.1 Å². The highest BCUT2D eigenvalue weighted by Crippen LogP contribution is 2.46. The molecule has 2 fully saturated rings. The van der Waals surface area contributed by atoms with E-state index >= 15 is 0 Å². The van der Waals surface area contributed by atoms with Gasteiger partial charge in [0.1, 0.15) is 45.6 Å². The summed E-state index contributed by atoms with van der Waals surface area (Å²) in [6, 6.07) is 12.0. The van der Waals surface area contributed by atoms with Crippen molar-refractivity contribution in [1.82, 2.24) is 25.1 Å². The molecule has 7 rings (SSSR count). The number of aryl methyl sites for hydroxylation is 1. The number of hydrogen-bond donors (Lipinski definition) is 2. The maximum absolute atomic E-state index is 14.7. The van der Waals surface area contributed by atoms with Crippen molar-refractivity contribution in [2.75, 3.05) is 27.3 Å². The van der Waals surface area contributed by atoms with Crippen LogP contribution in [0.3, 0.4) is 0 Å². The molecule has 1 saturated carbocycles. The van der Waals surface area contributed by atoms with Gasteiger partial charge in [-0.2, -0.15) is 0 Å². The van der Waals surface area contributed by atoms with Crippen LogP contribution in [0.2, 0.25) is 0 Å². The number of rotatable bonds is 9. The van der Waals surface area contributed by atoms with Gasteiger partial charge in [-0.1, -0.05) is 44.6 Å². The Hall–Kier alpha value is -5.17. The van der Waals surface area contributed by atoms with Gasteiger partial charge in [0, 0.05) is 47.8 Å². The number of nitrogens with zero attached hydrogens (tertiary/aromatic N) is 4. The monoisotopic (exact) mass is 767 g/mol. The number of ether oxygens (including phenoxy) is 3. The first-order valence-corrected chi connectivity index (χ1v) is 19.9. The lowest BCUT2D eigenvalue weighted by Gasteiger charge is -2.32. The molecule has 4 aromatic rings. The van der Waals surface area contributed by atoms with Gasteiger partial charge in [0.2, 0.25) is 5.91 Å². The van der Waals surface area contributed by atoms with E-state index in [4.69, 9.17) is 24.2 Å². The van der Waals surface area contributed by atoms with Gasteiger partial charge in [-0.3, -0.25) is 4.79 Å². The number of aromatic nitrogens is 2. The number of pyridine rings is 1. The highest BCUT2D eigenvalue weighted by atomic mass is 32.1. The molecule has 3 amide bonds. The molecule has 4 heterocycles. The summed E-state index contributed by atoms with van der Waals surface area (Å²) < 4.78 is 17.8. The van der Waals surface area contributed by atoms with Crippen LogP contribution in [-0.4, -0.2) is 87.8 Å². The molecule has 4 atom stereocenters. The highest BCUT2D eigenvalue weighted by Gasteiger charge is 2.61. The zero-order valence-electron chi connectivity index (χ0n) is 32.0. The standard InChI is InChI=1S/C42H49N5O7S/c1-25(2)33-24-55-39(44-33)32-20-36(31-16-17-35(53-5)26(3)37(31)43-32)54-30-19-34-38(48)45-42(40(49)50)21-28(42)11-9-7-6-8-10-18-46(41(51)47(34)23-30)22-27-12-14-29(52-4)15-13-27/h9,11-17,20,24-25,28,30,34H,6-8,10,18-19,21-23H2,1-5H3,(H,45,48)(H,49,50)/b11-9-. The normalized spacial score (nSPS) is 23.7. The average molecular weight is 768 g/mol. The van der Waals surface area contributed by atoms with Crippen molar-refractivity contribution in [1.29, 1.82) is 0 Å². The maximum atomic E-state index is 14.7. The van der Waals surface area contributed by atoms with Crippen molar-refractivity contribution in [3.05, 3.63) is 76.8 Å². The molecule has 55 heavy (non-hydrogen) atoms. The molecular formula is C42H49N5O7S. The summed E-state index contributed by atoms with van der Waals surface area (Å²) in [5.74, 6) is 0.331. The molecule has 2 aromatic heterocycles. The van der Waals surface area contributed by atoms with E-state index in [0.29, 0.717) is 42.2 Å². The Balaban J connectivity index is 1.24. The summed E-state index contributed by atoms with van der Waals surface area (Å²) in [7, 11) is 3.24. The molecule has 2 N–H and O–H groups in total. The van der Waals surface area contributed by atoms with E-state index in [1.807, 2.05) is 66.9 Å². The van der Waals surface area contributed by atoms with Crippen molar-refractivity contribution < 1.29 is 33.7 Å². The summed E-state index contributed by atoms with van der Waals surface area (Å²) in [4.78, 5) is 54.8. The maximum Gasteiger partial charge on any atom is 0.330 e. The number of fused-ring (bicyclic) bond motifs is 3. The minimum absolute atomic E-state index is 0.127. The van der Waals surface area contributed by atoms with E-state index in [2.05, 4.69) is 19.2 Å². The van der Waals surface area contributed by atoms with Crippen molar-refractivity contribution in [3.8, 4) is 28.0 Å². The molecule has 13 heteroatoms. The second-order valence-corrected chi connectivity index (χ2v) is 15.9. The lowest BCUT2D eigenvalue weighted by Crippen LogP contribution is -2.55. The summed E-state index contributed by atoms with van der Waals surface area (Å²) in [6.45, 7) is 7.12. The van der Waals surface area contributed by atoms with Crippen LogP contribution < -0.4 is 19.5 Å². The van der Waals surface area contributed by atoms with Gasteiger partial charge in [0.15, 0.2) is 0 Å². The number of benzene rings is 2. The van der Waals surface area contributed by atoms with E-state index in [1.54, 1.807) is 24.0 Å². The SMILES string of the molecule is COc1ccc(CN2CCCCC/C=C\C3CC3(C(=O)O)NC(=O)C3CC(Oc4cc(-c5nc(C(C)C)cs5)nc5c(C)c(OC)ccc45)CN3C2=O)cc1. The third-order valence-electron chi connectivity index (χ3n) is 11.0. The number of nitrogens with one attached hydrogen (secondary N) is 1. The number of thiazole rings is 1. The van der Waals surface area contributed by atoms with Crippen LogP contribution in [0.1, 0.15) is 75.1 Å². The predicted molar refractivity (Wildman–Crippen MR) is 211 cm³/mol. The fraction of sp³-hybridized carbons (Fsp3) is 0.452. The first kappa shape index (κ1) is 38.1. The molecule has 0 radical (unpaired) electrons. The second kappa shape index (κ2) is 15.9. The molecule has 3 aliphatic rings. The number of carboxylic acid groups (broad SMARTS) is 1. The molecule has 1 saturated heterocycles. The second-order valence-electron chi connectivity index (χ2n) is 15.1. The summed E-state index contributed by atoms with van der Waals surface area (Å²) in [5, 5.41) is 16.8. The molecule has 0 bridgehead atoms. The van der Waals surface area contributed by atoms with E-state index in [1.165, 1.54) is 11.3 Å². The molecule has 2 aliphatic heterocycles. The van der Waals surface area contributed by atoms with Gasteiger partial charge in [0.25, 0.3) is 0 Å². The summed E-state index contributed by atoms with van der Waals surface area (Å²) >= 11 is 1.52. The first-order chi connectivity index (χ1) is 26.5. The summed E-state index contributed by atoms with van der Waals surface area (Å²) in [6.07, 6.45) is 7.24. The van der Waals surface area contributed by atoms with Crippen LogP contribution in [0.15, 0.2) is 60.0 Å². The van der Waals surface area contributed by atoms with Crippen LogP contribution in [0.4, 0.5) is 4.79 Å². The molecular weight excluding hydrogens is 719 g/mol. The van der Waals surface area contributed by atoms with Crippen LogP contribution in [0.5, 0.6) is 17.2 Å². The molecule has 2 aromatic carbocycles. The van der Waals surface area contributed by atoms with Crippen molar-refractivity contribution in [3.63, 3.8) is 0 Å². The smallest absolute Gasteiger partial charge is 0.330 e. The minimum atomic E-state index is -1.40. The van der Waals surface area contributed by atoms with Gasteiger partial charge < -0.3 is 34.4 Å². The Labute approximate surface area is 325 Å². The Kier molecular flexibility index (Phi) is 11.0. The number of urea groups is 1. The van der Waals surface area contributed by atoms with Crippen LogP contribution in [0.25, 0.3) is 21.6 Å². The molecule has 12 nitrogen and oxygen atoms in total.